The highest BCUT2D eigenvalue weighted by atomic mass is 19.1. The number of nitrogens with two attached hydrogens (primary N) is 1. The summed E-state index contributed by atoms with van der Waals surface area (Å²) in [5, 5.41) is 12.9. The highest BCUT2D eigenvalue weighted by Crippen LogP contribution is 2.31. The molecule has 0 bridgehead atoms. The summed E-state index contributed by atoms with van der Waals surface area (Å²) in [4.78, 5) is 4.22. The zero-order chi connectivity index (χ0) is 14.8. The van der Waals surface area contributed by atoms with E-state index in [1.54, 1.807) is 12.3 Å². The van der Waals surface area contributed by atoms with Crippen LogP contribution in [-0.2, 0) is 0 Å². The first-order valence-electron chi connectivity index (χ1n) is 6.62. The molecule has 1 aromatic heterocycles. The Labute approximate surface area is 117 Å². The third kappa shape index (κ3) is 2.99. The predicted molar refractivity (Wildman–Crippen MR) is 80.1 cm³/mol. The van der Waals surface area contributed by atoms with Crippen molar-refractivity contribution in [2.45, 2.75) is 20.3 Å². The van der Waals surface area contributed by atoms with Gasteiger partial charge in [-0.3, -0.25) is 4.98 Å². The molecule has 0 aliphatic rings. The van der Waals surface area contributed by atoms with Crippen LogP contribution in [0.25, 0.3) is 10.9 Å². The lowest BCUT2D eigenvalue weighted by atomic mass is 9.89. The van der Waals surface area contributed by atoms with Crippen LogP contribution in [0.4, 0.5) is 15.8 Å². The minimum absolute atomic E-state index is 0.109. The summed E-state index contributed by atoms with van der Waals surface area (Å²) >= 11 is 0. The van der Waals surface area contributed by atoms with Gasteiger partial charge in [-0.25, -0.2) is 4.39 Å². The molecule has 0 amide bonds. The first kappa shape index (κ1) is 14.5. The van der Waals surface area contributed by atoms with Gasteiger partial charge in [0.05, 0.1) is 11.2 Å². The van der Waals surface area contributed by atoms with E-state index in [1.165, 1.54) is 6.07 Å². The summed E-state index contributed by atoms with van der Waals surface area (Å²) in [5.41, 5.74) is 6.95. The maximum absolute atomic E-state index is 14.1. The van der Waals surface area contributed by atoms with Crippen molar-refractivity contribution in [2.24, 2.45) is 5.41 Å². The molecule has 0 unspecified atom stereocenters. The summed E-state index contributed by atoms with van der Waals surface area (Å²) < 4.78 is 14.1. The van der Waals surface area contributed by atoms with Gasteiger partial charge in [-0.1, -0.05) is 13.8 Å². The Kier molecular flexibility index (Phi) is 4.09. The second-order valence-corrected chi connectivity index (χ2v) is 5.71. The normalized spacial score (nSPS) is 11.8. The van der Waals surface area contributed by atoms with Crippen molar-refractivity contribution in [3.63, 3.8) is 0 Å². The number of nitrogens with one attached hydrogen (secondary N) is 1. The Morgan fingerprint density at radius 2 is 2.20 bits per heavy atom. The third-order valence-electron chi connectivity index (χ3n) is 3.41. The van der Waals surface area contributed by atoms with Gasteiger partial charge in [0.1, 0.15) is 0 Å². The minimum Gasteiger partial charge on any atom is -0.398 e. The molecule has 2 aromatic rings. The van der Waals surface area contributed by atoms with Crippen LogP contribution < -0.4 is 11.1 Å². The highest BCUT2D eigenvalue weighted by molar-refractivity contribution is 5.98. The number of benzene rings is 1. The van der Waals surface area contributed by atoms with Crippen LogP contribution in [0.3, 0.4) is 0 Å². The van der Waals surface area contributed by atoms with Crippen molar-refractivity contribution in [3.8, 4) is 0 Å². The molecule has 0 aliphatic heterocycles. The molecule has 0 radical (unpaired) electrons. The van der Waals surface area contributed by atoms with Crippen molar-refractivity contribution >= 4 is 22.3 Å². The van der Waals surface area contributed by atoms with Gasteiger partial charge in [-0.2, -0.15) is 0 Å². The van der Waals surface area contributed by atoms with Crippen LogP contribution in [0, 0.1) is 11.2 Å². The van der Waals surface area contributed by atoms with Gasteiger partial charge in [-0.15, -0.1) is 0 Å². The van der Waals surface area contributed by atoms with Crippen molar-refractivity contribution in [1.82, 2.24) is 4.98 Å². The second-order valence-electron chi connectivity index (χ2n) is 5.71. The molecule has 0 aliphatic carbocycles. The van der Waals surface area contributed by atoms with E-state index < -0.39 is 5.82 Å². The number of fused-ring (bicyclic) bond motifs is 1. The average Bonchev–Trinajstić information content (AvgIpc) is 2.38. The summed E-state index contributed by atoms with van der Waals surface area (Å²) in [5.74, 6) is -0.409. The van der Waals surface area contributed by atoms with Crippen molar-refractivity contribution < 1.29 is 9.50 Å². The van der Waals surface area contributed by atoms with E-state index in [0.29, 0.717) is 29.9 Å². The van der Waals surface area contributed by atoms with E-state index in [0.717, 1.165) is 5.39 Å². The molecule has 0 saturated carbocycles. The smallest absolute Gasteiger partial charge is 0.150 e. The number of pyridine rings is 1. The average molecular weight is 277 g/mol. The summed E-state index contributed by atoms with van der Waals surface area (Å²) in [6, 6.07) is 4.91. The van der Waals surface area contributed by atoms with Gasteiger partial charge in [0, 0.05) is 30.4 Å². The number of nitrogen functional groups attached to an aromatic ring is 1. The van der Waals surface area contributed by atoms with Gasteiger partial charge in [-0.05, 0) is 30.0 Å². The first-order valence-corrected chi connectivity index (χ1v) is 6.62. The van der Waals surface area contributed by atoms with E-state index in [1.807, 2.05) is 19.9 Å². The Hall–Kier alpha value is -1.88. The van der Waals surface area contributed by atoms with Crippen molar-refractivity contribution in [1.29, 1.82) is 0 Å². The largest absolute Gasteiger partial charge is 0.398 e. The summed E-state index contributed by atoms with van der Waals surface area (Å²) in [6.45, 7) is 4.68. The lowest BCUT2D eigenvalue weighted by Crippen LogP contribution is -2.24. The third-order valence-corrected chi connectivity index (χ3v) is 3.41. The molecule has 0 fully saturated rings. The number of hydrogen-bond donors (Lipinski definition) is 3. The van der Waals surface area contributed by atoms with Crippen molar-refractivity contribution in [2.75, 3.05) is 24.2 Å². The molecule has 1 heterocycles. The highest BCUT2D eigenvalue weighted by Gasteiger charge is 2.19. The summed E-state index contributed by atoms with van der Waals surface area (Å²) in [6.07, 6.45) is 2.26. The topological polar surface area (TPSA) is 71.2 Å². The summed E-state index contributed by atoms with van der Waals surface area (Å²) in [7, 11) is 0. The Morgan fingerprint density at radius 1 is 1.45 bits per heavy atom. The SMILES string of the molecule is CC(C)(CCO)CNc1c(F)cc(N)c2cccnc12. The lowest BCUT2D eigenvalue weighted by molar-refractivity contribution is 0.220. The predicted octanol–water partition coefficient (Wildman–Crippen LogP) is 2.78. The quantitative estimate of drug-likeness (QED) is 0.735. The Balaban J connectivity index is 2.35. The van der Waals surface area contributed by atoms with Crippen LogP contribution in [-0.4, -0.2) is 23.2 Å². The molecule has 5 heteroatoms. The number of aromatic nitrogens is 1. The van der Waals surface area contributed by atoms with Crippen molar-refractivity contribution in [3.05, 3.63) is 30.2 Å². The molecular formula is C15H20FN3O. The lowest BCUT2D eigenvalue weighted by Gasteiger charge is -2.25. The van der Waals surface area contributed by atoms with Crippen LogP contribution in [0.15, 0.2) is 24.4 Å². The van der Waals surface area contributed by atoms with Crippen LogP contribution in [0.1, 0.15) is 20.3 Å². The fourth-order valence-corrected chi connectivity index (χ4v) is 2.12. The van der Waals surface area contributed by atoms with Crippen LogP contribution in [0.2, 0.25) is 0 Å². The first-order chi connectivity index (χ1) is 9.44. The number of rotatable bonds is 5. The molecule has 0 saturated heterocycles. The van der Waals surface area contributed by atoms with Gasteiger partial charge < -0.3 is 16.2 Å². The monoisotopic (exact) mass is 277 g/mol. The van der Waals surface area contributed by atoms with E-state index in [4.69, 9.17) is 10.8 Å². The number of aliphatic hydroxyl groups excluding tert-OH is 1. The number of anilines is 2. The zero-order valence-corrected chi connectivity index (χ0v) is 11.8. The fraction of sp³-hybridized carbons (Fsp3) is 0.400. The van der Waals surface area contributed by atoms with E-state index >= 15 is 0 Å². The fourth-order valence-electron chi connectivity index (χ4n) is 2.12. The van der Waals surface area contributed by atoms with Crippen LogP contribution >= 0.6 is 0 Å². The molecule has 4 nitrogen and oxygen atoms in total. The zero-order valence-electron chi connectivity index (χ0n) is 11.8. The van der Waals surface area contributed by atoms with Gasteiger partial charge in [0.2, 0.25) is 0 Å². The standard InChI is InChI=1S/C15H20FN3O/c1-15(2,5-7-20)9-19-14-11(16)8-12(17)10-4-3-6-18-13(10)14/h3-4,6,8,19-20H,5,7,9,17H2,1-2H3. The molecule has 20 heavy (non-hydrogen) atoms. The van der Waals surface area contributed by atoms with Gasteiger partial charge >= 0.3 is 0 Å². The van der Waals surface area contributed by atoms with E-state index in [2.05, 4.69) is 10.3 Å². The Morgan fingerprint density at radius 3 is 2.90 bits per heavy atom. The molecule has 2 rings (SSSR count). The van der Waals surface area contributed by atoms with Gasteiger partial charge in [0.25, 0.3) is 0 Å². The number of hydrogen-bond acceptors (Lipinski definition) is 4. The maximum Gasteiger partial charge on any atom is 0.150 e. The maximum atomic E-state index is 14.1. The number of halogens is 1. The number of aliphatic hydroxyl groups is 1. The minimum atomic E-state index is -0.409. The number of nitrogens with zero attached hydrogens (tertiary/aromatic N) is 1. The molecule has 4 N–H and O–H groups in total. The molecule has 0 atom stereocenters. The molecule has 108 valence electrons. The molecule has 1 aromatic carbocycles. The Bertz CT molecular complexity index is 613. The van der Waals surface area contributed by atoms with E-state index in [9.17, 15) is 4.39 Å². The molecule has 0 spiro atoms. The second kappa shape index (κ2) is 5.63. The van der Waals surface area contributed by atoms with E-state index in [-0.39, 0.29) is 12.0 Å². The molecular weight excluding hydrogens is 257 g/mol. The van der Waals surface area contributed by atoms with Crippen LogP contribution in [0.5, 0.6) is 0 Å². The van der Waals surface area contributed by atoms with Gasteiger partial charge in [0.15, 0.2) is 5.82 Å².